The Morgan fingerprint density at radius 3 is 0.724 bits per heavy atom. The monoisotopic (exact) mass is 533 g/mol. The lowest BCUT2D eigenvalue weighted by Gasteiger charge is -2.57. The van der Waals surface area contributed by atoms with Gasteiger partial charge in [-0.05, 0) is 0 Å². The Kier molecular flexibility index (Phi) is 10.1. The number of hydrogen-bond acceptors (Lipinski definition) is 0. The highest BCUT2D eigenvalue weighted by molar-refractivity contribution is 7.24. The Balaban J connectivity index is 7.34. The van der Waals surface area contributed by atoms with Crippen molar-refractivity contribution in [3.63, 3.8) is 0 Å². The molecule has 0 fully saturated rings. The van der Waals surface area contributed by atoms with Gasteiger partial charge in [0.15, 0.2) is 0 Å². The lowest BCUT2D eigenvalue weighted by molar-refractivity contribution is 1.33. The van der Waals surface area contributed by atoms with E-state index in [1.165, 1.54) is 8.61 Å². The van der Waals surface area contributed by atoms with Crippen molar-refractivity contribution >= 4 is 64.9 Å². The largest absolute Gasteiger partial charge is 0.462 e. The first-order valence-corrected chi connectivity index (χ1v) is 37.0. The standard InChI is InChI=1S/C21H57Si8/c1-24(2,3)19(25(4,5)6)22-23(20(26(7,8)9)27(10,11)12)21(28(13,14)15)29(16,17)18/h19-21H,1-18H3/q-1. The van der Waals surface area contributed by atoms with E-state index in [-0.39, 0.29) is 7.89 Å². The molecule has 0 spiro atoms. The van der Waals surface area contributed by atoms with Gasteiger partial charge < -0.3 is 8.61 Å². The quantitative estimate of drug-likeness (QED) is 0.261. The summed E-state index contributed by atoms with van der Waals surface area (Å²) in [6.07, 6.45) is 0. The van der Waals surface area contributed by atoms with Crippen molar-refractivity contribution in [1.29, 1.82) is 0 Å². The molecule has 0 saturated heterocycles. The van der Waals surface area contributed by atoms with Crippen molar-refractivity contribution < 1.29 is 0 Å². The molecule has 0 aliphatic rings. The minimum atomic E-state index is -1.20. The van der Waals surface area contributed by atoms with Gasteiger partial charge in [-0.1, -0.05) is 127 Å². The van der Waals surface area contributed by atoms with Gasteiger partial charge in [-0.25, -0.2) is 7.89 Å². The van der Waals surface area contributed by atoms with Crippen LogP contribution in [-0.2, 0) is 0 Å². The highest BCUT2D eigenvalue weighted by Crippen LogP contribution is 2.43. The Morgan fingerprint density at radius 1 is 0.379 bits per heavy atom. The van der Waals surface area contributed by atoms with E-state index in [2.05, 4.69) is 118 Å². The minimum Gasteiger partial charge on any atom is -0.462 e. The van der Waals surface area contributed by atoms with Crippen molar-refractivity contribution in [2.45, 2.75) is 132 Å². The molecule has 0 aromatic heterocycles. The molecule has 8 heteroatoms. The average molecular weight is 534 g/mol. The van der Waals surface area contributed by atoms with Gasteiger partial charge in [0.25, 0.3) is 0 Å². The molecular weight excluding hydrogens is 477 g/mol. The first-order valence-electron chi connectivity index (χ1n) is 11.8. The van der Waals surface area contributed by atoms with Crippen LogP contribution in [0.5, 0.6) is 0 Å². The van der Waals surface area contributed by atoms with Gasteiger partial charge in [-0.3, -0.25) is 0 Å². The van der Waals surface area contributed by atoms with E-state index in [1.807, 2.05) is 0 Å². The lowest BCUT2D eigenvalue weighted by atomic mass is 11.7. The van der Waals surface area contributed by atoms with Gasteiger partial charge in [0.05, 0.1) is 0 Å². The predicted molar refractivity (Wildman–Crippen MR) is 163 cm³/mol. The fourth-order valence-corrected chi connectivity index (χ4v) is 92.6. The summed E-state index contributed by atoms with van der Waals surface area (Å²) in [7, 11) is -6.14. The van der Waals surface area contributed by atoms with Crippen LogP contribution in [0.1, 0.15) is 0 Å². The normalized spacial score (nSPS) is 15.5. The van der Waals surface area contributed by atoms with E-state index in [4.69, 9.17) is 0 Å². The summed E-state index contributed by atoms with van der Waals surface area (Å²) in [5.74, 6) is 0. The molecule has 0 bridgehead atoms. The third-order valence-corrected chi connectivity index (χ3v) is 63.0. The molecule has 0 unspecified atom stereocenters. The summed E-state index contributed by atoms with van der Waals surface area (Å²) in [5, 5.41) is 0. The summed E-state index contributed by atoms with van der Waals surface area (Å²) >= 11 is 0. The second-order valence-corrected chi connectivity index (χ2v) is 58.7. The maximum Gasteiger partial charge on any atom is 0.0423 e. The zero-order chi connectivity index (χ0) is 24.0. The summed E-state index contributed by atoms with van der Waals surface area (Å²) in [5.41, 5.74) is 0. The predicted octanol–water partition coefficient (Wildman–Crippen LogP) is 8.48. The number of hydrogen-bond donors (Lipinski definition) is 0. The fourth-order valence-electron chi connectivity index (χ4n) is 6.70. The zero-order valence-electron chi connectivity index (χ0n) is 23.7. The van der Waals surface area contributed by atoms with Crippen LogP contribution in [0.4, 0.5) is 0 Å². The van der Waals surface area contributed by atoms with Crippen LogP contribution in [0.3, 0.4) is 0 Å². The Labute approximate surface area is 196 Å². The smallest absolute Gasteiger partial charge is 0.0423 e. The summed E-state index contributed by atoms with van der Waals surface area (Å²) < 4.78 is 0. The zero-order valence-corrected chi connectivity index (χ0v) is 31.7. The molecule has 0 N–H and O–H groups in total. The molecular formula is C21H57Si8-. The Bertz CT molecular complexity index is 493. The number of rotatable bonds is 9. The second-order valence-electron chi connectivity index (χ2n) is 16.1. The van der Waals surface area contributed by atoms with Crippen LogP contribution in [-0.4, -0.2) is 64.9 Å². The molecule has 0 aliphatic heterocycles. The van der Waals surface area contributed by atoms with Crippen LogP contribution in [0.2, 0.25) is 132 Å². The molecule has 0 aliphatic carbocycles. The van der Waals surface area contributed by atoms with Gasteiger partial charge >= 0.3 is 0 Å². The van der Waals surface area contributed by atoms with Gasteiger partial charge in [0, 0.05) is 48.4 Å². The van der Waals surface area contributed by atoms with Crippen LogP contribution >= 0.6 is 0 Å². The van der Waals surface area contributed by atoms with Gasteiger partial charge in [-0.2, -0.15) is 4.79 Å². The molecule has 0 amide bonds. The molecule has 0 aromatic rings. The first-order chi connectivity index (χ1) is 12.2. The highest BCUT2D eigenvalue weighted by Gasteiger charge is 2.45. The maximum atomic E-state index is 2.74. The van der Waals surface area contributed by atoms with E-state index in [1.54, 1.807) is 0 Å². The van der Waals surface area contributed by atoms with Crippen LogP contribution in [0, 0.1) is 0 Å². The molecule has 0 rings (SSSR count). The maximum absolute atomic E-state index is 2.74. The van der Waals surface area contributed by atoms with E-state index < -0.39 is 48.4 Å². The molecule has 29 heavy (non-hydrogen) atoms. The van der Waals surface area contributed by atoms with Gasteiger partial charge in [0.2, 0.25) is 0 Å². The van der Waals surface area contributed by atoms with Crippen LogP contribution < -0.4 is 0 Å². The molecule has 0 heterocycles. The molecule has 0 radical (unpaired) electrons. The molecule has 0 aromatic carbocycles. The molecule has 0 saturated carbocycles. The van der Waals surface area contributed by atoms with E-state index in [0.717, 1.165) is 14.4 Å². The van der Waals surface area contributed by atoms with Crippen molar-refractivity contribution in [3.05, 3.63) is 0 Å². The Hall–Kier alpha value is 1.74. The third kappa shape index (κ3) is 9.25. The average Bonchev–Trinajstić information content (AvgIpc) is 2.24. The lowest BCUT2D eigenvalue weighted by Crippen LogP contribution is -2.60. The minimum absolute atomic E-state index is 0.370. The van der Waals surface area contributed by atoms with Crippen molar-refractivity contribution in [3.8, 4) is 0 Å². The molecule has 0 atom stereocenters. The first kappa shape index (κ1) is 30.7. The van der Waals surface area contributed by atoms with Crippen LogP contribution in [0.25, 0.3) is 0 Å². The highest BCUT2D eigenvalue weighted by atomic mass is 28.9. The van der Waals surface area contributed by atoms with Gasteiger partial charge in [0.1, 0.15) is 0 Å². The Morgan fingerprint density at radius 2 is 0.586 bits per heavy atom. The van der Waals surface area contributed by atoms with Crippen molar-refractivity contribution in [2.75, 3.05) is 0 Å². The molecule has 174 valence electrons. The van der Waals surface area contributed by atoms with Gasteiger partial charge in [-0.15, -0.1) is 0 Å². The third-order valence-electron chi connectivity index (χ3n) is 6.13. The van der Waals surface area contributed by atoms with Crippen LogP contribution in [0.15, 0.2) is 0 Å². The topological polar surface area (TPSA) is 0 Å². The second kappa shape index (κ2) is 9.54. The van der Waals surface area contributed by atoms with Crippen molar-refractivity contribution in [1.82, 2.24) is 0 Å². The van der Waals surface area contributed by atoms with Crippen molar-refractivity contribution in [2.24, 2.45) is 0 Å². The van der Waals surface area contributed by atoms with E-state index >= 15 is 0 Å². The summed E-state index contributed by atoms with van der Waals surface area (Å²) in [4.78, 5) is 3.45. The summed E-state index contributed by atoms with van der Waals surface area (Å²) in [6, 6.07) is 0. The van der Waals surface area contributed by atoms with E-state index in [9.17, 15) is 0 Å². The summed E-state index contributed by atoms with van der Waals surface area (Å²) in [6.45, 7) is 49.2. The van der Waals surface area contributed by atoms with E-state index in [0.29, 0.717) is 0 Å². The SMILES string of the molecule is C[Si](C)(C)C([Si-]=[Si](C([Si](C)(C)C)[Si](C)(C)C)C([Si](C)(C)C)[Si](C)(C)C)[Si](C)(C)C. The molecule has 0 nitrogen and oxygen atoms in total. The fraction of sp³-hybridized carbons (Fsp3) is 1.00.